The molecule has 0 amide bonds. The summed E-state index contributed by atoms with van der Waals surface area (Å²) in [7, 11) is 0. The third-order valence-electron chi connectivity index (χ3n) is 8.36. The number of benzene rings is 4. The van der Waals surface area contributed by atoms with Gasteiger partial charge in [0.1, 0.15) is 5.52 Å². The Morgan fingerprint density at radius 3 is 2.49 bits per heavy atom. The van der Waals surface area contributed by atoms with Crippen LogP contribution in [0.4, 0.5) is 17.1 Å². The van der Waals surface area contributed by atoms with Crippen LogP contribution in [-0.2, 0) is 6.54 Å². The molecule has 1 aliphatic carbocycles. The molecule has 0 radical (unpaired) electrons. The first-order chi connectivity index (χ1) is 21.0. The van der Waals surface area contributed by atoms with Crippen molar-refractivity contribution in [3.63, 3.8) is 0 Å². The lowest BCUT2D eigenvalue weighted by molar-refractivity contribution is 0.0697. The highest BCUT2D eigenvalue weighted by molar-refractivity contribution is 6.29. The van der Waals surface area contributed by atoms with E-state index in [4.69, 9.17) is 14.0 Å². The molecule has 43 heavy (non-hydrogen) atoms. The first kappa shape index (κ1) is 25.4. The van der Waals surface area contributed by atoms with Crippen LogP contribution < -0.4 is 19.7 Å². The van der Waals surface area contributed by atoms with Crippen LogP contribution in [0.3, 0.4) is 0 Å². The summed E-state index contributed by atoms with van der Waals surface area (Å²) in [5.74, 6) is 0.879. The number of para-hydroxylation sites is 1. The van der Waals surface area contributed by atoms with Gasteiger partial charge < -0.3 is 29.3 Å². The van der Waals surface area contributed by atoms with Gasteiger partial charge in [-0.05, 0) is 35.9 Å². The predicted molar refractivity (Wildman–Crippen MR) is 160 cm³/mol. The molecule has 4 aromatic carbocycles. The Hall–Kier alpha value is -5.35. The quantitative estimate of drug-likeness (QED) is 0.263. The van der Waals surface area contributed by atoms with E-state index in [-0.39, 0.29) is 18.1 Å². The highest BCUT2D eigenvalue weighted by atomic mass is 16.7. The van der Waals surface area contributed by atoms with Gasteiger partial charge in [-0.2, -0.15) is 0 Å². The van der Waals surface area contributed by atoms with E-state index in [9.17, 15) is 14.7 Å². The van der Waals surface area contributed by atoms with Crippen LogP contribution in [-0.4, -0.2) is 59.9 Å². The summed E-state index contributed by atoms with van der Waals surface area (Å²) in [6.45, 7) is 4.14. The Kier molecular flexibility index (Phi) is 5.83. The zero-order valence-electron chi connectivity index (χ0n) is 23.0. The minimum atomic E-state index is -1.06. The molecule has 0 atom stereocenters. The monoisotopic (exact) mass is 574 g/mol. The Bertz CT molecular complexity index is 1940. The highest BCUT2D eigenvalue weighted by Gasteiger charge is 2.34. The average Bonchev–Trinajstić information content (AvgIpc) is 3.68. The Labute approximate surface area is 246 Å². The summed E-state index contributed by atoms with van der Waals surface area (Å²) in [6, 6.07) is 22.0. The lowest BCUT2D eigenvalue weighted by Crippen LogP contribution is -2.46. The molecule has 3 heterocycles. The molecule has 1 saturated heterocycles. The molecule has 0 spiro atoms. The van der Waals surface area contributed by atoms with Gasteiger partial charge in [-0.25, -0.2) is 4.79 Å². The Morgan fingerprint density at radius 2 is 1.65 bits per heavy atom. The molecular formula is C33H26N4O6. The molecule has 0 unspecified atom stereocenters. The number of carbonyl (C=O) groups is 2. The summed E-state index contributed by atoms with van der Waals surface area (Å²) < 4.78 is 16.9. The topological polar surface area (TPSA) is 117 Å². The number of nitrogens with zero attached hydrogens (tertiary/aromatic N) is 3. The molecule has 3 aliphatic rings. The number of aromatic nitrogens is 1. The van der Waals surface area contributed by atoms with Gasteiger partial charge in [0, 0.05) is 43.9 Å². The van der Waals surface area contributed by atoms with Crippen molar-refractivity contribution in [3.05, 3.63) is 95.1 Å². The van der Waals surface area contributed by atoms with Crippen LogP contribution in [0.25, 0.3) is 22.2 Å². The lowest BCUT2D eigenvalue weighted by atomic mass is 9.86. The van der Waals surface area contributed by atoms with Gasteiger partial charge in [0.2, 0.25) is 6.79 Å². The van der Waals surface area contributed by atoms with Crippen LogP contribution in [0.1, 0.15) is 31.8 Å². The van der Waals surface area contributed by atoms with Crippen molar-refractivity contribution in [2.45, 2.75) is 6.54 Å². The van der Waals surface area contributed by atoms with Gasteiger partial charge in [-0.15, -0.1) is 0 Å². The van der Waals surface area contributed by atoms with E-state index in [0.717, 1.165) is 55.5 Å². The van der Waals surface area contributed by atoms with Gasteiger partial charge in [0.25, 0.3) is 0 Å². The molecule has 2 N–H and O–H groups in total. The first-order valence-electron chi connectivity index (χ1n) is 14.1. The number of aromatic carboxylic acids is 1. The number of ether oxygens (including phenoxy) is 2. The normalized spacial score (nSPS) is 15.5. The third-order valence-corrected chi connectivity index (χ3v) is 8.36. The minimum absolute atomic E-state index is 0.114. The van der Waals surface area contributed by atoms with Gasteiger partial charge in [0.15, 0.2) is 23.0 Å². The molecule has 1 aromatic heterocycles. The second-order valence-electron chi connectivity index (χ2n) is 10.9. The maximum Gasteiger partial charge on any atom is 0.337 e. The molecule has 1 fully saturated rings. The number of ketones is 1. The van der Waals surface area contributed by atoms with E-state index >= 15 is 0 Å². The van der Waals surface area contributed by atoms with Crippen molar-refractivity contribution in [1.82, 2.24) is 10.1 Å². The standard InChI is InChI=1S/C33H26N4O6/c38-31-20-5-1-2-6-21(20)32-29-28(31)24(34-23-8-4-3-7-22(23)33(39)40)16-25(30(29)35-43-32)37-13-11-36(12-14-37)17-19-9-10-26-27(15-19)42-18-41-26/h1-10,15-16,34H,11-14,17-18H2,(H,39,40). The Balaban J connectivity index is 1.16. The van der Waals surface area contributed by atoms with E-state index in [2.05, 4.69) is 26.3 Å². The first-order valence-corrected chi connectivity index (χ1v) is 14.1. The van der Waals surface area contributed by atoms with Crippen LogP contribution in [0.5, 0.6) is 11.5 Å². The van der Waals surface area contributed by atoms with Gasteiger partial charge in [-0.3, -0.25) is 9.69 Å². The fraction of sp³-hybridized carbons (Fsp3) is 0.182. The van der Waals surface area contributed by atoms with Gasteiger partial charge >= 0.3 is 5.97 Å². The molecule has 10 heteroatoms. The molecule has 0 bridgehead atoms. The van der Waals surface area contributed by atoms with E-state index in [1.165, 1.54) is 6.07 Å². The van der Waals surface area contributed by atoms with Crippen molar-refractivity contribution in [2.24, 2.45) is 0 Å². The molecule has 0 saturated carbocycles. The van der Waals surface area contributed by atoms with Crippen molar-refractivity contribution in [3.8, 4) is 22.8 Å². The summed E-state index contributed by atoms with van der Waals surface area (Å²) >= 11 is 0. The number of rotatable bonds is 6. The van der Waals surface area contributed by atoms with Gasteiger partial charge in [-0.1, -0.05) is 47.6 Å². The van der Waals surface area contributed by atoms with E-state index in [1.807, 2.05) is 36.4 Å². The maximum absolute atomic E-state index is 13.9. The number of hydrogen-bond acceptors (Lipinski definition) is 9. The fourth-order valence-corrected chi connectivity index (χ4v) is 6.25. The van der Waals surface area contributed by atoms with E-state index < -0.39 is 5.97 Å². The van der Waals surface area contributed by atoms with Crippen LogP contribution >= 0.6 is 0 Å². The number of carboxylic acids is 1. The summed E-state index contributed by atoms with van der Waals surface area (Å²) in [5.41, 5.74) is 5.29. The second kappa shape index (κ2) is 9.88. The van der Waals surface area contributed by atoms with Crippen LogP contribution in [0, 0.1) is 0 Å². The maximum atomic E-state index is 13.9. The smallest absolute Gasteiger partial charge is 0.337 e. The molecule has 10 nitrogen and oxygen atoms in total. The Morgan fingerprint density at radius 1 is 0.884 bits per heavy atom. The largest absolute Gasteiger partial charge is 0.478 e. The highest BCUT2D eigenvalue weighted by Crippen LogP contribution is 2.46. The molecule has 5 aromatic rings. The van der Waals surface area contributed by atoms with Gasteiger partial charge in [0.05, 0.1) is 33.6 Å². The number of anilines is 3. The zero-order chi connectivity index (χ0) is 29.1. The fourth-order valence-electron chi connectivity index (χ4n) is 6.25. The molecule has 2 aliphatic heterocycles. The number of hydrogen-bond donors (Lipinski definition) is 2. The minimum Gasteiger partial charge on any atom is -0.478 e. The molecular weight excluding hydrogens is 548 g/mol. The van der Waals surface area contributed by atoms with E-state index in [0.29, 0.717) is 44.7 Å². The number of fused-ring (bicyclic) bond motifs is 3. The van der Waals surface area contributed by atoms with Crippen molar-refractivity contribution < 1.29 is 28.7 Å². The second-order valence-corrected chi connectivity index (χ2v) is 10.9. The number of piperazine rings is 1. The number of carboxylic acid groups (broad SMARTS) is 1. The van der Waals surface area contributed by atoms with E-state index in [1.54, 1.807) is 24.3 Å². The third kappa shape index (κ3) is 4.18. The lowest BCUT2D eigenvalue weighted by Gasteiger charge is -2.36. The summed E-state index contributed by atoms with van der Waals surface area (Å²) in [4.78, 5) is 30.6. The van der Waals surface area contributed by atoms with Crippen LogP contribution in [0.2, 0.25) is 0 Å². The number of carbonyl (C=O) groups excluding carboxylic acids is 1. The zero-order valence-corrected chi connectivity index (χ0v) is 23.0. The predicted octanol–water partition coefficient (Wildman–Crippen LogP) is 5.53. The average molecular weight is 575 g/mol. The molecule has 8 rings (SSSR count). The van der Waals surface area contributed by atoms with Crippen molar-refractivity contribution >= 4 is 39.7 Å². The molecule has 214 valence electrons. The van der Waals surface area contributed by atoms with Crippen LogP contribution in [0.15, 0.2) is 77.3 Å². The summed E-state index contributed by atoms with van der Waals surface area (Å²) in [6.07, 6.45) is 0. The SMILES string of the molecule is O=C(O)c1ccccc1Nc1cc(N2CCN(Cc3ccc4c(c3)OCO4)CC2)c2noc3c2c1C(=O)c1ccccc1-3. The van der Waals surface area contributed by atoms with Crippen molar-refractivity contribution in [2.75, 3.05) is 43.2 Å². The summed E-state index contributed by atoms with van der Waals surface area (Å²) in [5, 5.41) is 18.2. The van der Waals surface area contributed by atoms with Crippen molar-refractivity contribution in [1.29, 1.82) is 0 Å². The number of nitrogens with one attached hydrogen (secondary N) is 1.